The van der Waals surface area contributed by atoms with Crippen molar-refractivity contribution >= 4 is 23.2 Å². The molecule has 2 rings (SSSR count). The van der Waals surface area contributed by atoms with E-state index in [0.717, 1.165) is 11.3 Å². The lowest BCUT2D eigenvalue weighted by molar-refractivity contribution is 0.0701. The first kappa shape index (κ1) is 16.2. The average Bonchev–Trinajstić information content (AvgIpc) is 3.04. The van der Waals surface area contributed by atoms with Crippen LogP contribution in [0.15, 0.2) is 16.7 Å². The number of aromatic nitrogens is 1. The molecule has 1 atom stereocenters. The molecule has 1 amide bonds. The Balaban J connectivity index is 2.16. The van der Waals surface area contributed by atoms with Gasteiger partial charge in [0.15, 0.2) is 0 Å². The fraction of sp³-hybridized carbons (Fsp3) is 0.400. The van der Waals surface area contributed by atoms with E-state index in [1.807, 2.05) is 13.8 Å². The minimum atomic E-state index is -1.00. The normalized spacial score (nSPS) is 12.4. The van der Waals surface area contributed by atoms with Crippen LogP contribution in [0.3, 0.4) is 0 Å². The standard InChI is InChI=1S/C15H18N2O4S/c1-7(2)11-10(5-6-21-11)13(18)16-9(4)14-17-8(3)12(22-14)15(19)20/h5-7,9H,1-4H3,(H,16,18)(H,19,20). The van der Waals surface area contributed by atoms with Gasteiger partial charge in [0.05, 0.1) is 23.6 Å². The van der Waals surface area contributed by atoms with Crippen LogP contribution in [0.25, 0.3) is 0 Å². The molecule has 0 bridgehead atoms. The second-order valence-corrected chi connectivity index (χ2v) is 6.35. The first-order chi connectivity index (χ1) is 10.3. The van der Waals surface area contributed by atoms with Crippen molar-refractivity contribution in [3.8, 4) is 0 Å². The van der Waals surface area contributed by atoms with Crippen LogP contribution in [0, 0.1) is 6.92 Å². The molecule has 0 aliphatic carbocycles. The molecular weight excluding hydrogens is 304 g/mol. The lowest BCUT2D eigenvalue weighted by Crippen LogP contribution is -2.27. The highest BCUT2D eigenvalue weighted by Crippen LogP contribution is 2.25. The van der Waals surface area contributed by atoms with Crippen molar-refractivity contribution in [1.82, 2.24) is 10.3 Å². The summed E-state index contributed by atoms with van der Waals surface area (Å²) >= 11 is 1.08. The predicted molar refractivity (Wildman–Crippen MR) is 82.5 cm³/mol. The lowest BCUT2D eigenvalue weighted by Gasteiger charge is -2.12. The first-order valence-corrected chi connectivity index (χ1v) is 7.71. The number of amides is 1. The van der Waals surface area contributed by atoms with Crippen molar-refractivity contribution < 1.29 is 19.1 Å². The van der Waals surface area contributed by atoms with Crippen LogP contribution in [0.4, 0.5) is 0 Å². The Hall–Kier alpha value is -2.15. The molecule has 22 heavy (non-hydrogen) atoms. The summed E-state index contributed by atoms with van der Waals surface area (Å²) in [6.45, 7) is 7.31. The van der Waals surface area contributed by atoms with Gasteiger partial charge in [-0.2, -0.15) is 0 Å². The van der Waals surface area contributed by atoms with Crippen molar-refractivity contribution in [2.75, 3.05) is 0 Å². The van der Waals surface area contributed by atoms with Gasteiger partial charge in [0.25, 0.3) is 5.91 Å². The maximum Gasteiger partial charge on any atom is 0.347 e. The molecular formula is C15H18N2O4S. The van der Waals surface area contributed by atoms with Crippen LogP contribution in [0.2, 0.25) is 0 Å². The summed E-state index contributed by atoms with van der Waals surface area (Å²) in [6.07, 6.45) is 1.49. The van der Waals surface area contributed by atoms with E-state index < -0.39 is 5.97 Å². The summed E-state index contributed by atoms with van der Waals surface area (Å²) in [5.41, 5.74) is 0.952. The number of carbonyl (C=O) groups excluding carboxylic acids is 1. The van der Waals surface area contributed by atoms with E-state index in [-0.39, 0.29) is 22.7 Å². The van der Waals surface area contributed by atoms with Crippen LogP contribution in [0.5, 0.6) is 0 Å². The Morgan fingerprint density at radius 1 is 1.36 bits per heavy atom. The minimum absolute atomic E-state index is 0.103. The molecule has 0 fully saturated rings. The zero-order valence-electron chi connectivity index (χ0n) is 12.8. The SMILES string of the molecule is Cc1nc(C(C)NC(=O)c2ccoc2C(C)C)sc1C(=O)O. The molecule has 0 aromatic carbocycles. The van der Waals surface area contributed by atoms with E-state index in [0.29, 0.717) is 22.0 Å². The Morgan fingerprint density at radius 2 is 2.05 bits per heavy atom. The van der Waals surface area contributed by atoms with E-state index in [1.165, 1.54) is 6.26 Å². The Bertz CT molecular complexity index is 702. The van der Waals surface area contributed by atoms with Gasteiger partial charge in [-0.3, -0.25) is 4.79 Å². The van der Waals surface area contributed by atoms with Gasteiger partial charge in [0.1, 0.15) is 15.6 Å². The van der Waals surface area contributed by atoms with Gasteiger partial charge >= 0.3 is 5.97 Å². The highest BCUT2D eigenvalue weighted by molar-refractivity contribution is 7.13. The van der Waals surface area contributed by atoms with Crippen molar-refractivity contribution in [2.45, 2.75) is 39.7 Å². The zero-order valence-corrected chi connectivity index (χ0v) is 13.7. The third kappa shape index (κ3) is 3.19. The minimum Gasteiger partial charge on any atom is -0.477 e. The molecule has 0 saturated carbocycles. The highest BCUT2D eigenvalue weighted by atomic mass is 32.1. The molecule has 2 aromatic heterocycles. The summed E-state index contributed by atoms with van der Waals surface area (Å²) in [7, 11) is 0. The number of carbonyl (C=O) groups is 2. The summed E-state index contributed by atoms with van der Waals surface area (Å²) < 4.78 is 5.34. The molecule has 2 N–H and O–H groups in total. The van der Waals surface area contributed by atoms with Gasteiger partial charge in [0.2, 0.25) is 0 Å². The molecule has 0 radical (unpaired) electrons. The number of thiazole rings is 1. The number of hydrogen-bond acceptors (Lipinski definition) is 5. The molecule has 7 heteroatoms. The molecule has 2 heterocycles. The molecule has 0 spiro atoms. The number of nitrogens with one attached hydrogen (secondary N) is 1. The number of nitrogens with zero attached hydrogens (tertiary/aromatic N) is 1. The van der Waals surface area contributed by atoms with Crippen LogP contribution in [-0.2, 0) is 0 Å². The molecule has 0 saturated heterocycles. The Labute approximate surface area is 132 Å². The largest absolute Gasteiger partial charge is 0.477 e. The maximum absolute atomic E-state index is 12.3. The summed E-state index contributed by atoms with van der Waals surface area (Å²) in [5.74, 6) is -0.524. The third-order valence-corrected chi connectivity index (χ3v) is 4.52. The quantitative estimate of drug-likeness (QED) is 0.880. The van der Waals surface area contributed by atoms with Crippen LogP contribution in [-0.4, -0.2) is 22.0 Å². The van der Waals surface area contributed by atoms with E-state index in [2.05, 4.69) is 10.3 Å². The second-order valence-electron chi connectivity index (χ2n) is 5.32. The summed E-state index contributed by atoms with van der Waals surface area (Å²) in [4.78, 5) is 27.8. The van der Waals surface area contributed by atoms with Gasteiger partial charge in [-0.05, 0) is 19.9 Å². The summed E-state index contributed by atoms with van der Waals surface area (Å²) in [5, 5.41) is 12.5. The number of aromatic carboxylic acids is 1. The molecule has 118 valence electrons. The predicted octanol–water partition coefficient (Wildman–Crippen LogP) is 3.36. The van der Waals surface area contributed by atoms with E-state index >= 15 is 0 Å². The average molecular weight is 322 g/mol. The van der Waals surface area contributed by atoms with Crippen molar-refractivity contribution in [2.24, 2.45) is 0 Å². The van der Waals surface area contributed by atoms with Crippen molar-refractivity contribution in [1.29, 1.82) is 0 Å². The van der Waals surface area contributed by atoms with E-state index in [9.17, 15) is 9.59 Å². The smallest absolute Gasteiger partial charge is 0.347 e. The lowest BCUT2D eigenvalue weighted by atomic mass is 10.1. The van der Waals surface area contributed by atoms with Gasteiger partial charge in [-0.15, -0.1) is 11.3 Å². The van der Waals surface area contributed by atoms with Crippen molar-refractivity contribution in [3.05, 3.63) is 39.2 Å². The monoisotopic (exact) mass is 322 g/mol. The van der Waals surface area contributed by atoms with Crippen LogP contribution < -0.4 is 5.32 Å². The van der Waals surface area contributed by atoms with E-state index in [4.69, 9.17) is 9.52 Å². The fourth-order valence-electron chi connectivity index (χ4n) is 2.09. The molecule has 1 unspecified atom stereocenters. The number of carboxylic acid groups (broad SMARTS) is 1. The zero-order chi connectivity index (χ0) is 16.4. The Morgan fingerprint density at radius 3 is 2.59 bits per heavy atom. The van der Waals surface area contributed by atoms with Gasteiger partial charge in [0, 0.05) is 5.92 Å². The van der Waals surface area contributed by atoms with E-state index in [1.54, 1.807) is 19.9 Å². The number of furan rings is 1. The van der Waals surface area contributed by atoms with Crippen LogP contribution >= 0.6 is 11.3 Å². The molecule has 0 aliphatic rings. The third-order valence-electron chi connectivity index (χ3n) is 3.19. The topological polar surface area (TPSA) is 92.4 Å². The van der Waals surface area contributed by atoms with Crippen molar-refractivity contribution in [3.63, 3.8) is 0 Å². The number of hydrogen-bond donors (Lipinski definition) is 2. The summed E-state index contributed by atoms with van der Waals surface area (Å²) in [6, 6.07) is 1.26. The fourth-order valence-corrected chi connectivity index (χ4v) is 3.00. The first-order valence-electron chi connectivity index (χ1n) is 6.90. The molecule has 6 nitrogen and oxygen atoms in total. The highest BCUT2D eigenvalue weighted by Gasteiger charge is 2.22. The van der Waals surface area contributed by atoms with Gasteiger partial charge in [-0.1, -0.05) is 13.8 Å². The van der Waals surface area contributed by atoms with Gasteiger partial charge in [-0.25, -0.2) is 9.78 Å². The van der Waals surface area contributed by atoms with Gasteiger partial charge < -0.3 is 14.8 Å². The maximum atomic E-state index is 12.3. The Kier molecular flexibility index (Phi) is 4.65. The molecule has 0 aliphatic heterocycles. The second kappa shape index (κ2) is 6.31. The van der Waals surface area contributed by atoms with Crippen LogP contribution in [0.1, 0.15) is 69.2 Å². The molecule has 2 aromatic rings. The number of rotatable bonds is 5. The number of aryl methyl sites for hydroxylation is 1. The number of carboxylic acids is 1.